The summed E-state index contributed by atoms with van der Waals surface area (Å²) in [5.41, 5.74) is 1.73. The largest absolute Gasteiger partial charge is 0.497 e. The van der Waals surface area contributed by atoms with Gasteiger partial charge < -0.3 is 15.4 Å². The molecule has 27 heavy (non-hydrogen) atoms. The molecular formula is C18H18N6O3. The number of pyridine rings is 1. The van der Waals surface area contributed by atoms with Gasteiger partial charge >= 0.3 is 0 Å². The third-order valence-corrected chi connectivity index (χ3v) is 3.71. The van der Waals surface area contributed by atoms with Crippen molar-refractivity contribution in [1.82, 2.24) is 15.0 Å². The average molecular weight is 366 g/mol. The van der Waals surface area contributed by atoms with Crippen molar-refractivity contribution in [2.45, 2.75) is 0 Å². The zero-order valence-corrected chi connectivity index (χ0v) is 14.6. The van der Waals surface area contributed by atoms with E-state index in [-0.39, 0.29) is 5.69 Å². The fourth-order valence-corrected chi connectivity index (χ4v) is 2.33. The molecule has 0 aliphatic rings. The highest BCUT2D eigenvalue weighted by Gasteiger charge is 2.05. The van der Waals surface area contributed by atoms with Crippen molar-refractivity contribution in [2.75, 3.05) is 30.8 Å². The summed E-state index contributed by atoms with van der Waals surface area (Å²) in [7, 11) is 1.63. The molecule has 0 radical (unpaired) electrons. The van der Waals surface area contributed by atoms with Gasteiger partial charge in [0.25, 0.3) is 5.69 Å². The third kappa shape index (κ3) is 4.88. The van der Waals surface area contributed by atoms with Crippen LogP contribution in [0, 0.1) is 10.1 Å². The molecule has 2 aromatic heterocycles. The highest BCUT2D eigenvalue weighted by Crippen LogP contribution is 2.21. The van der Waals surface area contributed by atoms with E-state index in [4.69, 9.17) is 4.74 Å². The quantitative estimate of drug-likeness (QED) is 0.355. The second kappa shape index (κ2) is 8.56. The Labute approximate surface area is 155 Å². The van der Waals surface area contributed by atoms with Gasteiger partial charge in [-0.15, -0.1) is 0 Å². The van der Waals surface area contributed by atoms with Crippen molar-refractivity contribution >= 4 is 17.5 Å². The number of rotatable bonds is 8. The minimum Gasteiger partial charge on any atom is -0.497 e. The summed E-state index contributed by atoms with van der Waals surface area (Å²) >= 11 is 0. The van der Waals surface area contributed by atoms with Crippen molar-refractivity contribution in [1.29, 1.82) is 0 Å². The lowest BCUT2D eigenvalue weighted by molar-refractivity contribution is -0.385. The molecular weight excluding hydrogens is 348 g/mol. The van der Waals surface area contributed by atoms with E-state index < -0.39 is 4.92 Å². The van der Waals surface area contributed by atoms with Crippen LogP contribution in [0.1, 0.15) is 0 Å². The molecule has 2 heterocycles. The van der Waals surface area contributed by atoms with E-state index >= 15 is 0 Å². The van der Waals surface area contributed by atoms with E-state index in [0.717, 1.165) is 17.0 Å². The van der Waals surface area contributed by atoms with Crippen molar-refractivity contribution in [3.63, 3.8) is 0 Å². The first-order valence-corrected chi connectivity index (χ1v) is 8.21. The Morgan fingerprint density at radius 3 is 2.48 bits per heavy atom. The summed E-state index contributed by atoms with van der Waals surface area (Å²) in [6.07, 6.45) is 2.91. The molecule has 3 rings (SSSR count). The van der Waals surface area contributed by atoms with Crippen LogP contribution in [-0.4, -0.2) is 40.1 Å². The van der Waals surface area contributed by atoms with E-state index in [2.05, 4.69) is 25.6 Å². The van der Waals surface area contributed by atoms with Gasteiger partial charge in [0.1, 0.15) is 17.8 Å². The molecule has 1 aromatic carbocycles. The Balaban J connectivity index is 1.53. The summed E-state index contributed by atoms with van der Waals surface area (Å²) in [4.78, 5) is 22.8. The Morgan fingerprint density at radius 1 is 1.04 bits per heavy atom. The number of aromatic nitrogens is 3. The first-order chi connectivity index (χ1) is 13.2. The van der Waals surface area contributed by atoms with Gasteiger partial charge in [0.05, 0.1) is 17.7 Å². The van der Waals surface area contributed by atoms with Crippen LogP contribution in [-0.2, 0) is 0 Å². The standard InChI is InChI=1S/C18H18N6O3/c1-27-15-5-2-13(3-6-15)16-8-9-20-18(23-16)21-11-10-19-17-7-4-14(12-22-17)24(25)26/h2-9,12H,10-11H2,1H3,(H,19,22)(H,20,21,23). The van der Waals surface area contributed by atoms with Crippen LogP contribution in [0.4, 0.5) is 17.5 Å². The summed E-state index contributed by atoms with van der Waals surface area (Å²) in [6.45, 7) is 1.12. The predicted molar refractivity (Wildman–Crippen MR) is 102 cm³/mol. The van der Waals surface area contributed by atoms with Crippen LogP contribution in [0.3, 0.4) is 0 Å². The molecule has 2 N–H and O–H groups in total. The molecule has 0 saturated carbocycles. The van der Waals surface area contributed by atoms with E-state index in [1.54, 1.807) is 19.4 Å². The number of hydrogen-bond acceptors (Lipinski definition) is 8. The number of nitrogens with one attached hydrogen (secondary N) is 2. The lowest BCUT2D eigenvalue weighted by atomic mass is 10.1. The zero-order chi connectivity index (χ0) is 19.1. The number of benzene rings is 1. The van der Waals surface area contributed by atoms with Crippen molar-refractivity contribution in [2.24, 2.45) is 0 Å². The molecule has 138 valence electrons. The number of methoxy groups -OCH3 is 1. The first-order valence-electron chi connectivity index (χ1n) is 8.21. The van der Waals surface area contributed by atoms with Gasteiger partial charge in [-0.05, 0) is 36.4 Å². The minimum atomic E-state index is -0.481. The smallest absolute Gasteiger partial charge is 0.287 e. The van der Waals surface area contributed by atoms with Crippen LogP contribution in [0.15, 0.2) is 54.9 Å². The second-order valence-electron chi connectivity index (χ2n) is 5.51. The molecule has 0 aliphatic heterocycles. The maximum Gasteiger partial charge on any atom is 0.287 e. The number of anilines is 2. The minimum absolute atomic E-state index is 0.0394. The Hall–Kier alpha value is -3.75. The van der Waals surface area contributed by atoms with Crippen LogP contribution < -0.4 is 15.4 Å². The molecule has 0 spiro atoms. The Morgan fingerprint density at radius 2 is 1.81 bits per heavy atom. The molecule has 0 bridgehead atoms. The first kappa shape index (κ1) is 18.1. The molecule has 9 heteroatoms. The molecule has 0 saturated heterocycles. The van der Waals surface area contributed by atoms with E-state index in [1.807, 2.05) is 30.3 Å². The summed E-state index contributed by atoms with van der Waals surface area (Å²) < 4.78 is 5.16. The molecule has 9 nitrogen and oxygen atoms in total. The van der Waals surface area contributed by atoms with Crippen molar-refractivity contribution in [3.8, 4) is 17.0 Å². The fraction of sp³-hybridized carbons (Fsp3) is 0.167. The van der Waals surface area contributed by atoms with E-state index in [9.17, 15) is 10.1 Å². The topological polar surface area (TPSA) is 115 Å². The number of nitro groups is 1. The summed E-state index contributed by atoms with van der Waals surface area (Å²) in [6, 6.07) is 12.5. The van der Waals surface area contributed by atoms with Gasteiger partial charge in [-0.3, -0.25) is 10.1 Å². The molecule has 0 atom stereocenters. The van der Waals surface area contributed by atoms with Crippen molar-refractivity contribution < 1.29 is 9.66 Å². The van der Waals surface area contributed by atoms with Gasteiger partial charge in [-0.25, -0.2) is 15.0 Å². The van der Waals surface area contributed by atoms with Crippen LogP contribution in [0.2, 0.25) is 0 Å². The SMILES string of the molecule is COc1ccc(-c2ccnc(NCCNc3ccc([N+](=O)[O-])cn3)n2)cc1. The van der Waals surface area contributed by atoms with Gasteiger partial charge in [0.15, 0.2) is 0 Å². The number of ether oxygens (including phenoxy) is 1. The second-order valence-corrected chi connectivity index (χ2v) is 5.51. The molecule has 0 aliphatic carbocycles. The zero-order valence-electron chi connectivity index (χ0n) is 14.6. The summed E-state index contributed by atoms with van der Waals surface area (Å²) in [5, 5.41) is 16.8. The third-order valence-electron chi connectivity index (χ3n) is 3.71. The number of nitrogens with zero attached hydrogens (tertiary/aromatic N) is 4. The monoisotopic (exact) mass is 366 g/mol. The molecule has 0 fully saturated rings. The highest BCUT2D eigenvalue weighted by molar-refractivity contribution is 5.60. The average Bonchev–Trinajstić information content (AvgIpc) is 2.72. The van der Waals surface area contributed by atoms with Gasteiger partial charge in [0, 0.05) is 30.9 Å². The van der Waals surface area contributed by atoms with Crippen LogP contribution in [0.5, 0.6) is 5.75 Å². The number of hydrogen-bond donors (Lipinski definition) is 2. The van der Waals surface area contributed by atoms with E-state index in [1.165, 1.54) is 12.3 Å². The molecule has 0 unspecified atom stereocenters. The van der Waals surface area contributed by atoms with Crippen molar-refractivity contribution in [3.05, 3.63) is 65.0 Å². The fourth-order valence-electron chi connectivity index (χ4n) is 2.33. The lowest BCUT2D eigenvalue weighted by Crippen LogP contribution is -2.15. The van der Waals surface area contributed by atoms with E-state index in [0.29, 0.717) is 24.9 Å². The maximum atomic E-state index is 10.6. The highest BCUT2D eigenvalue weighted by atomic mass is 16.6. The normalized spacial score (nSPS) is 10.3. The van der Waals surface area contributed by atoms with Gasteiger partial charge in [0.2, 0.25) is 5.95 Å². The Kier molecular flexibility index (Phi) is 5.73. The lowest BCUT2D eigenvalue weighted by Gasteiger charge is -2.08. The van der Waals surface area contributed by atoms with Gasteiger partial charge in [-0.2, -0.15) is 0 Å². The van der Waals surface area contributed by atoms with Crippen LogP contribution >= 0.6 is 0 Å². The van der Waals surface area contributed by atoms with Gasteiger partial charge in [-0.1, -0.05) is 0 Å². The maximum absolute atomic E-state index is 10.6. The molecule has 0 amide bonds. The molecule has 3 aromatic rings. The Bertz CT molecular complexity index is 900. The summed E-state index contributed by atoms with van der Waals surface area (Å²) in [5.74, 6) is 1.87. The predicted octanol–water partition coefficient (Wildman–Crippen LogP) is 2.98. The van der Waals surface area contributed by atoms with Crippen LogP contribution in [0.25, 0.3) is 11.3 Å².